The fourth-order valence-corrected chi connectivity index (χ4v) is 3.63. The maximum atomic E-state index is 12.5. The summed E-state index contributed by atoms with van der Waals surface area (Å²) in [6.07, 6.45) is 0. The van der Waals surface area contributed by atoms with Crippen LogP contribution in [-0.2, 0) is 9.59 Å². The Morgan fingerprint density at radius 3 is 2.50 bits per heavy atom. The third kappa shape index (κ3) is 5.66. The highest BCUT2D eigenvalue weighted by atomic mass is 35.5. The summed E-state index contributed by atoms with van der Waals surface area (Å²) in [6.45, 7) is 8.42. The Bertz CT molecular complexity index is 908. The van der Waals surface area contributed by atoms with Crippen molar-refractivity contribution in [3.8, 4) is 5.75 Å². The van der Waals surface area contributed by atoms with E-state index in [0.29, 0.717) is 42.6 Å². The largest absolute Gasteiger partial charge is 0.484 e. The molecule has 0 aliphatic carbocycles. The normalized spacial score (nSPS) is 14.0. The van der Waals surface area contributed by atoms with Crippen molar-refractivity contribution in [2.45, 2.75) is 20.8 Å². The third-order valence-electron chi connectivity index (χ3n) is 5.02. The number of amides is 2. The minimum absolute atomic E-state index is 0.00432. The van der Waals surface area contributed by atoms with Gasteiger partial charge in [0.25, 0.3) is 5.91 Å². The van der Waals surface area contributed by atoms with Crippen LogP contribution in [0, 0.1) is 12.8 Å². The maximum Gasteiger partial charge on any atom is 0.262 e. The summed E-state index contributed by atoms with van der Waals surface area (Å²) in [6, 6.07) is 13.0. The zero-order chi connectivity index (χ0) is 21.7. The molecule has 0 spiro atoms. The third-order valence-corrected chi connectivity index (χ3v) is 5.25. The molecular weight excluding hydrogens is 402 g/mol. The Morgan fingerprint density at radius 1 is 1.10 bits per heavy atom. The summed E-state index contributed by atoms with van der Waals surface area (Å²) in [5.41, 5.74) is 2.60. The Morgan fingerprint density at radius 2 is 1.83 bits per heavy atom. The number of nitrogens with zero attached hydrogens (tertiary/aromatic N) is 2. The fraction of sp³-hybridized carbons (Fsp3) is 0.391. The summed E-state index contributed by atoms with van der Waals surface area (Å²) in [5, 5.41) is 3.46. The number of benzene rings is 2. The molecule has 2 amide bonds. The number of carbonyl (C=O) groups is 2. The second kappa shape index (κ2) is 9.85. The van der Waals surface area contributed by atoms with Gasteiger partial charge in [-0.05, 0) is 42.8 Å². The van der Waals surface area contributed by atoms with Crippen molar-refractivity contribution in [2.24, 2.45) is 5.92 Å². The zero-order valence-corrected chi connectivity index (χ0v) is 18.4. The molecule has 0 unspecified atom stereocenters. The van der Waals surface area contributed by atoms with Gasteiger partial charge in [-0.15, -0.1) is 0 Å². The van der Waals surface area contributed by atoms with Gasteiger partial charge in [-0.3, -0.25) is 9.59 Å². The van der Waals surface area contributed by atoms with Crippen LogP contribution in [0.4, 0.5) is 11.4 Å². The van der Waals surface area contributed by atoms with Gasteiger partial charge < -0.3 is 19.9 Å². The number of carbonyl (C=O) groups excluding carboxylic acids is 2. The first-order chi connectivity index (χ1) is 14.3. The monoisotopic (exact) mass is 429 g/mol. The van der Waals surface area contributed by atoms with Crippen LogP contribution < -0.4 is 15.0 Å². The first kappa shape index (κ1) is 22.0. The van der Waals surface area contributed by atoms with Gasteiger partial charge in [0.15, 0.2) is 6.61 Å². The van der Waals surface area contributed by atoms with E-state index in [-0.39, 0.29) is 24.3 Å². The predicted octanol–water partition coefficient (Wildman–Crippen LogP) is 3.97. The van der Waals surface area contributed by atoms with Gasteiger partial charge in [0.1, 0.15) is 5.75 Å². The number of piperazine rings is 1. The average Bonchev–Trinajstić information content (AvgIpc) is 2.72. The summed E-state index contributed by atoms with van der Waals surface area (Å²) in [5.74, 6) is 0.568. The van der Waals surface area contributed by atoms with Crippen molar-refractivity contribution in [2.75, 3.05) is 43.0 Å². The Labute approximate surface area is 182 Å². The maximum absolute atomic E-state index is 12.5. The zero-order valence-electron chi connectivity index (χ0n) is 17.7. The van der Waals surface area contributed by atoms with Crippen molar-refractivity contribution < 1.29 is 14.3 Å². The number of aryl methyl sites for hydroxylation is 1. The van der Waals surface area contributed by atoms with Crippen LogP contribution >= 0.6 is 11.6 Å². The minimum Gasteiger partial charge on any atom is -0.484 e. The van der Waals surface area contributed by atoms with E-state index in [2.05, 4.69) is 10.2 Å². The summed E-state index contributed by atoms with van der Waals surface area (Å²) in [7, 11) is 0. The molecule has 7 heteroatoms. The van der Waals surface area contributed by atoms with Crippen LogP contribution in [0.2, 0.25) is 5.02 Å². The molecular formula is C23H28ClN3O3. The topological polar surface area (TPSA) is 61.9 Å². The van der Waals surface area contributed by atoms with Crippen LogP contribution in [0.1, 0.15) is 19.4 Å². The van der Waals surface area contributed by atoms with E-state index in [0.717, 1.165) is 11.3 Å². The van der Waals surface area contributed by atoms with Crippen LogP contribution in [0.25, 0.3) is 0 Å². The van der Waals surface area contributed by atoms with Crippen molar-refractivity contribution in [3.05, 3.63) is 53.1 Å². The molecule has 1 aliphatic heterocycles. The molecule has 0 saturated carbocycles. The first-order valence-electron chi connectivity index (χ1n) is 10.2. The van der Waals surface area contributed by atoms with E-state index < -0.39 is 0 Å². The minimum atomic E-state index is -0.256. The van der Waals surface area contributed by atoms with Crippen molar-refractivity contribution in [1.82, 2.24) is 4.90 Å². The van der Waals surface area contributed by atoms with Gasteiger partial charge in [0.2, 0.25) is 5.91 Å². The number of rotatable bonds is 6. The van der Waals surface area contributed by atoms with Crippen LogP contribution in [0.5, 0.6) is 5.75 Å². The molecule has 160 valence electrons. The SMILES string of the molecule is Cc1cccc(OCC(=O)Nc2cc(Cl)ccc2N2CCN(C(=O)C(C)C)CC2)c1. The summed E-state index contributed by atoms with van der Waals surface area (Å²) < 4.78 is 5.60. The van der Waals surface area contributed by atoms with Gasteiger partial charge >= 0.3 is 0 Å². The summed E-state index contributed by atoms with van der Waals surface area (Å²) in [4.78, 5) is 28.8. The highest BCUT2D eigenvalue weighted by Gasteiger charge is 2.24. The number of anilines is 2. The second-order valence-corrected chi connectivity index (χ2v) is 8.22. The van der Waals surface area contributed by atoms with Crippen molar-refractivity contribution >= 4 is 34.8 Å². The van der Waals surface area contributed by atoms with E-state index in [1.54, 1.807) is 12.1 Å². The van der Waals surface area contributed by atoms with Gasteiger partial charge in [-0.2, -0.15) is 0 Å². The van der Waals surface area contributed by atoms with Crippen molar-refractivity contribution in [1.29, 1.82) is 0 Å². The Kier molecular flexibility index (Phi) is 7.21. The average molecular weight is 430 g/mol. The molecule has 0 bridgehead atoms. The van der Waals surface area contributed by atoms with E-state index in [1.165, 1.54) is 0 Å². The first-order valence-corrected chi connectivity index (χ1v) is 10.5. The van der Waals surface area contributed by atoms with Crippen LogP contribution in [-0.4, -0.2) is 49.5 Å². The van der Waals surface area contributed by atoms with E-state index in [9.17, 15) is 9.59 Å². The van der Waals surface area contributed by atoms with Crippen molar-refractivity contribution in [3.63, 3.8) is 0 Å². The lowest BCUT2D eigenvalue weighted by molar-refractivity contribution is -0.134. The molecule has 0 aromatic heterocycles. The number of nitrogens with one attached hydrogen (secondary N) is 1. The van der Waals surface area contributed by atoms with Crippen LogP contribution in [0.3, 0.4) is 0 Å². The van der Waals surface area contributed by atoms with Gasteiger partial charge in [-0.1, -0.05) is 37.6 Å². The molecule has 1 fully saturated rings. The molecule has 0 radical (unpaired) electrons. The Balaban J connectivity index is 1.64. The highest BCUT2D eigenvalue weighted by molar-refractivity contribution is 6.31. The molecule has 1 N–H and O–H groups in total. The predicted molar refractivity (Wildman–Crippen MR) is 120 cm³/mol. The lowest BCUT2D eigenvalue weighted by Crippen LogP contribution is -2.50. The molecule has 2 aromatic carbocycles. The van der Waals surface area contributed by atoms with E-state index in [4.69, 9.17) is 16.3 Å². The molecule has 2 aromatic rings. The second-order valence-electron chi connectivity index (χ2n) is 7.78. The highest BCUT2D eigenvalue weighted by Crippen LogP contribution is 2.30. The molecule has 3 rings (SSSR count). The standard InChI is InChI=1S/C23H28ClN3O3/c1-16(2)23(29)27-11-9-26(10-12-27)21-8-7-18(24)14-20(21)25-22(28)15-30-19-6-4-5-17(3)13-19/h4-8,13-14,16H,9-12,15H2,1-3H3,(H,25,28). The molecule has 0 atom stereocenters. The molecule has 30 heavy (non-hydrogen) atoms. The quantitative estimate of drug-likeness (QED) is 0.754. The molecule has 1 heterocycles. The lowest BCUT2D eigenvalue weighted by atomic mass is 10.1. The lowest BCUT2D eigenvalue weighted by Gasteiger charge is -2.37. The number of ether oxygens (including phenoxy) is 1. The van der Waals surface area contributed by atoms with Gasteiger partial charge in [-0.25, -0.2) is 0 Å². The molecule has 6 nitrogen and oxygen atoms in total. The fourth-order valence-electron chi connectivity index (χ4n) is 3.46. The van der Waals surface area contributed by atoms with Crippen LogP contribution in [0.15, 0.2) is 42.5 Å². The van der Waals surface area contributed by atoms with E-state index in [1.807, 2.05) is 56.0 Å². The Hall–Kier alpha value is -2.73. The smallest absolute Gasteiger partial charge is 0.262 e. The van der Waals surface area contributed by atoms with Gasteiger partial charge in [0.05, 0.1) is 11.4 Å². The molecule has 1 saturated heterocycles. The van der Waals surface area contributed by atoms with E-state index >= 15 is 0 Å². The van der Waals surface area contributed by atoms with Gasteiger partial charge in [0, 0.05) is 37.1 Å². The number of hydrogen-bond donors (Lipinski definition) is 1. The molecule has 1 aliphatic rings. The number of hydrogen-bond acceptors (Lipinski definition) is 4. The number of halogens is 1. The summed E-state index contributed by atoms with van der Waals surface area (Å²) >= 11 is 6.18.